The van der Waals surface area contributed by atoms with Crippen LogP contribution in [-0.4, -0.2) is 31.8 Å². The van der Waals surface area contributed by atoms with Gasteiger partial charge >= 0.3 is 0 Å². The Bertz CT molecular complexity index is 937. The molecule has 0 aliphatic rings. The van der Waals surface area contributed by atoms with E-state index in [9.17, 15) is 9.59 Å². The molecule has 0 saturated heterocycles. The van der Waals surface area contributed by atoms with Gasteiger partial charge in [-0.15, -0.1) is 21.5 Å². The molecule has 0 aliphatic heterocycles. The van der Waals surface area contributed by atoms with Gasteiger partial charge in [-0.1, -0.05) is 30.0 Å². The molecule has 0 fully saturated rings. The third kappa shape index (κ3) is 3.94. The van der Waals surface area contributed by atoms with Crippen LogP contribution >= 0.6 is 23.1 Å². The number of ketones is 1. The maximum absolute atomic E-state index is 12.4. The number of nitrogen functional groups attached to an aromatic ring is 1. The largest absolute Gasteiger partial charge is 0.335 e. The minimum Gasteiger partial charge on any atom is -0.335 e. The van der Waals surface area contributed by atoms with E-state index in [2.05, 4.69) is 15.5 Å². The Balaban J connectivity index is 1.68. The minimum absolute atomic E-state index is 0.0548. The number of carbonyl (C=O) groups is 2. The zero-order valence-electron chi connectivity index (χ0n) is 14.2. The Morgan fingerprint density at radius 1 is 1.27 bits per heavy atom. The Labute approximate surface area is 158 Å². The van der Waals surface area contributed by atoms with Gasteiger partial charge in [0.1, 0.15) is 0 Å². The average molecular weight is 387 g/mol. The Morgan fingerprint density at radius 2 is 2.08 bits per heavy atom. The fraction of sp³-hybridized carbons (Fsp3) is 0.176. The van der Waals surface area contributed by atoms with E-state index in [0.717, 1.165) is 4.88 Å². The number of aromatic nitrogens is 3. The molecule has 0 unspecified atom stereocenters. The summed E-state index contributed by atoms with van der Waals surface area (Å²) in [7, 11) is 0. The molecule has 0 spiro atoms. The number of hydrogen-bond donors (Lipinski definition) is 2. The topological polar surface area (TPSA) is 103 Å². The molecule has 2 aromatic heterocycles. The molecule has 9 heteroatoms. The summed E-state index contributed by atoms with van der Waals surface area (Å²) in [5, 5.41) is 12.9. The number of thiophene rings is 1. The number of rotatable bonds is 6. The molecule has 134 valence electrons. The molecule has 1 aromatic carbocycles. The van der Waals surface area contributed by atoms with Crippen molar-refractivity contribution < 1.29 is 9.59 Å². The van der Waals surface area contributed by atoms with Crippen LogP contribution in [0.1, 0.15) is 24.2 Å². The molecule has 0 bridgehead atoms. The predicted molar refractivity (Wildman–Crippen MR) is 104 cm³/mol. The highest BCUT2D eigenvalue weighted by Crippen LogP contribution is 2.27. The second kappa shape index (κ2) is 7.71. The van der Waals surface area contributed by atoms with Gasteiger partial charge in [0.25, 0.3) is 0 Å². The van der Waals surface area contributed by atoms with Crippen molar-refractivity contribution in [3.05, 3.63) is 47.3 Å². The number of anilines is 1. The van der Waals surface area contributed by atoms with Crippen molar-refractivity contribution in [3.63, 3.8) is 0 Å². The normalized spacial score (nSPS) is 11.9. The van der Waals surface area contributed by atoms with Gasteiger partial charge in [0.2, 0.25) is 11.1 Å². The predicted octanol–water partition coefficient (Wildman–Crippen LogP) is 3.04. The van der Waals surface area contributed by atoms with Crippen LogP contribution in [0.25, 0.3) is 10.7 Å². The van der Waals surface area contributed by atoms with Gasteiger partial charge in [0.15, 0.2) is 11.6 Å². The van der Waals surface area contributed by atoms with E-state index in [0.29, 0.717) is 22.2 Å². The fourth-order valence-electron chi connectivity index (χ4n) is 2.20. The first kappa shape index (κ1) is 18.2. The van der Waals surface area contributed by atoms with E-state index in [1.54, 1.807) is 31.2 Å². The van der Waals surface area contributed by atoms with Gasteiger partial charge in [-0.3, -0.25) is 9.59 Å². The number of amides is 1. The summed E-state index contributed by atoms with van der Waals surface area (Å²) < 4.78 is 1.39. The number of nitrogens with zero attached hydrogens (tertiary/aromatic N) is 3. The van der Waals surface area contributed by atoms with Crippen molar-refractivity contribution in [1.29, 1.82) is 0 Å². The number of thioether (sulfide) groups is 1. The maximum Gasteiger partial charge on any atom is 0.237 e. The Morgan fingerprint density at radius 3 is 2.77 bits per heavy atom. The number of Topliss-reactive ketones (excluding diaryl/α,β-unsaturated/α-hetero) is 1. The minimum atomic E-state index is -0.446. The Kier molecular flexibility index (Phi) is 5.38. The van der Waals surface area contributed by atoms with E-state index < -0.39 is 5.25 Å². The SMILES string of the molecule is CC(=O)c1cccc(NC(=O)[C@H](C)Sc2nnc(-c3cccs3)n2N)c1. The second-order valence-corrected chi connectivity index (χ2v) is 7.80. The van der Waals surface area contributed by atoms with Crippen molar-refractivity contribution in [3.8, 4) is 10.7 Å². The van der Waals surface area contributed by atoms with Crippen LogP contribution in [0.15, 0.2) is 46.9 Å². The lowest BCUT2D eigenvalue weighted by molar-refractivity contribution is -0.115. The summed E-state index contributed by atoms with van der Waals surface area (Å²) in [6, 6.07) is 10.6. The van der Waals surface area contributed by atoms with E-state index in [1.165, 1.54) is 34.7 Å². The zero-order chi connectivity index (χ0) is 18.7. The summed E-state index contributed by atoms with van der Waals surface area (Å²) in [5.41, 5.74) is 1.12. The van der Waals surface area contributed by atoms with Crippen molar-refractivity contribution >= 4 is 40.5 Å². The van der Waals surface area contributed by atoms with E-state index >= 15 is 0 Å². The first-order valence-corrected chi connectivity index (χ1v) is 9.54. The molecule has 3 aromatic rings. The number of benzene rings is 1. The number of nitrogens with two attached hydrogens (primary N) is 1. The van der Waals surface area contributed by atoms with Crippen LogP contribution in [-0.2, 0) is 4.79 Å². The molecular formula is C17H17N5O2S2. The molecule has 26 heavy (non-hydrogen) atoms. The summed E-state index contributed by atoms with van der Waals surface area (Å²) in [4.78, 5) is 24.8. The van der Waals surface area contributed by atoms with Gasteiger partial charge in [-0.25, -0.2) is 4.68 Å². The first-order chi connectivity index (χ1) is 12.5. The molecule has 7 nitrogen and oxygen atoms in total. The van der Waals surface area contributed by atoms with Crippen molar-refractivity contribution in [1.82, 2.24) is 14.9 Å². The summed E-state index contributed by atoms with van der Waals surface area (Å²) in [6.45, 7) is 3.24. The molecule has 3 N–H and O–H groups in total. The van der Waals surface area contributed by atoms with E-state index in [-0.39, 0.29) is 11.7 Å². The lowest BCUT2D eigenvalue weighted by Gasteiger charge is -2.12. The molecule has 1 amide bonds. The summed E-state index contributed by atoms with van der Waals surface area (Å²) in [5.74, 6) is 6.35. The fourth-order valence-corrected chi connectivity index (χ4v) is 3.68. The smallest absolute Gasteiger partial charge is 0.237 e. The van der Waals surface area contributed by atoms with Crippen LogP contribution < -0.4 is 11.2 Å². The van der Waals surface area contributed by atoms with Crippen LogP contribution in [0, 0.1) is 0 Å². The van der Waals surface area contributed by atoms with Gasteiger partial charge in [0, 0.05) is 11.3 Å². The molecule has 3 rings (SSSR count). The quantitative estimate of drug-likeness (QED) is 0.383. The number of carbonyl (C=O) groups excluding carboxylic acids is 2. The van der Waals surface area contributed by atoms with Gasteiger partial charge < -0.3 is 11.2 Å². The number of hydrogen-bond acceptors (Lipinski definition) is 7. The van der Waals surface area contributed by atoms with Gasteiger partial charge in [-0.05, 0) is 37.4 Å². The number of nitrogens with one attached hydrogen (secondary N) is 1. The van der Waals surface area contributed by atoms with Gasteiger partial charge in [-0.2, -0.15) is 0 Å². The second-order valence-electron chi connectivity index (χ2n) is 5.54. The standard InChI is InChI=1S/C17H17N5O2S2/c1-10(23)12-5-3-6-13(9-12)19-16(24)11(2)26-17-21-20-15(22(17)18)14-7-4-8-25-14/h3-9,11H,18H2,1-2H3,(H,19,24)/t11-/m0/s1. The van der Waals surface area contributed by atoms with Crippen LogP contribution in [0.3, 0.4) is 0 Å². The lowest BCUT2D eigenvalue weighted by Crippen LogP contribution is -2.23. The van der Waals surface area contributed by atoms with Crippen molar-refractivity contribution in [2.45, 2.75) is 24.3 Å². The van der Waals surface area contributed by atoms with E-state index in [1.807, 2.05) is 17.5 Å². The molecular weight excluding hydrogens is 370 g/mol. The maximum atomic E-state index is 12.4. The molecule has 0 saturated carbocycles. The third-order valence-corrected chi connectivity index (χ3v) is 5.52. The van der Waals surface area contributed by atoms with Crippen molar-refractivity contribution in [2.75, 3.05) is 11.2 Å². The molecule has 0 radical (unpaired) electrons. The average Bonchev–Trinajstić information content (AvgIpc) is 3.25. The summed E-state index contributed by atoms with van der Waals surface area (Å²) >= 11 is 2.73. The summed E-state index contributed by atoms with van der Waals surface area (Å²) in [6.07, 6.45) is 0. The lowest BCUT2D eigenvalue weighted by atomic mass is 10.1. The van der Waals surface area contributed by atoms with Crippen LogP contribution in [0.5, 0.6) is 0 Å². The zero-order valence-corrected chi connectivity index (χ0v) is 15.8. The highest BCUT2D eigenvalue weighted by molar-refractivity contribution is 8.00. The molecule has 0 aliphatic carbocycles. The van der Waals surface area contributed by atoms with Gasteiger partial charge in [0.05, 0.1) is 10.1 Å². The highest BCUT2D eigenvalue weighted by atomic mass is 32.2. The van der Waals surface area contributed by atoms with Crippen LogP contribution in [0.4, 0.5) is 5.69 Å². The van der Waals surface area contributed by atoms with E-state index in [4.69, 9.17) is 5.84 Å². The highest BCUT2D eigenvalue weighted by Gasteiger charge is 2.20. The third-order valence-electron chi connectivity index (χ3n) is 3.59. The van der Waals surface area contributed by atoms with Crippen LogP contribution in [0.2, 0.25) is 0 Å². The first-order valence-electron chi connectivity index (χ1n) is 7.78. The molecule has 1 atom stereocenters. The van der Waals surface area contributed by atoms with Crippen molar-refractivity contribution in [2.24, 2.45) is 0 Å². The Hall–Kier alpha value is -2.65. The monoisotopic (exact) mass is 387 g/mol. The molecule has 2 heterocycles.